The van der Waals surface area contributed by atoms with Crippen LogP contribution in [-0.4, -0.2) is 9.97 Å². The maximum atomic E-state index is 4.16. The molecule has 0 saturated heterocycles. The standard InChI is InChI=1S/2C7H5NS/c1-2-7-6(8-4-1)3-5-9-7;1-2-6-3-5-9-7(6)8-4-1/h2*1-5H. The molecule has 0 spiro atoms. The van der Waals surface area contributed by atoms with Crippen LogP contribution < -0.4 is 0 Å². The summed E-state index contributed by atoms with van der Waals surface area (Å²) in [5, 5.41) is 5.34. The fourth-order valence-electron chi connectivity index (χ4n) is 1.60. The first-order valence-electron chi connectivity index (χ1n) is 5.50. The van der Waals surface area contributed by atoms with Gasteiger partial charge in [-0.05, 0) is 41.1 Å². The van der Waals surface area contributed by atoms with Gasteiger partial charge in [-0.2, -0.15) is 0 Å². The lowest BCUT2D eigenvalue weighted by atomic mass is 10.4. The molecule has 4 heterocycles. The van der Waals surface area contributed by atoms with Gasteiger partial charge >= 0.3 is 0 Å². The van der Waals surface area contributed by atoms with Crippen molar-refractivity contribution in [3.05, 3.63) is 59.6 Å². The molecule has 0 aromatic carbocycles. The molecule has 0 atom stereocenters. The first-order chi connectivity index (χ1) is 8.93. The number of pyridine rings is 2. The van der Waals surface area contributed by atoms with E-state index in [2.05, 4.69) is 38.9 Å². The van der Waals surface area contributed by atoms with Gasteiger partial charge in [-0.25, -0.2) is 4.98 Å². The maximum absolute atomic E-state index is 4.16. The van der Waals surface area contributed by atoms with E-state index in [4.69, 9.17) is 0 Å². The Balaban J connectivity index is 0.000000111. The molecule has 4 heteroatoms. The molecule has 4 aromatic rings. The minimum absolute atomic E-state index is 1.10. The average molecular weight is 270 g/mol. The average Bonchev–Trinajstić information content (AvgIpc) is 3.08. The van der Waals surface area contributed by atoms with Crippen LogP contribution in [0.1, 0.15) is 0 Å². The predicted molar refractivity (Wildman–Crippen MR) is 79.2 cm³/mol. The van der Waals surface area contributed by atoms with Crippen molar-refractivity contribution in [3.8, 4) is 0 Å². The van der Waals surface area contributed by atoms with Crippen LogP contribution >= 0.6 is 22.7 Å². The molecule has 2 nitrogen and oxygen atoms in total. The Morgan fingerprint density at radius 1 is 0.778 bits per heavy atom. The first kappa shape index (κ1) is 11.3. The van der Waals surface area contributed by atoms with Gasteiger partial charge in [-0.3, -0.25) is 4.98 Å². The molecule has 88 valence electrons. The van der Waals surface area contributed by atoms with Crippen LogP contribution in [-0.2, 0) is 0 Å². The second-order valence-corrected chi connectivity index (χ2v) is 5.47. The smallest absolute Gasteiger partial charge is 0.123 e. The Labute approximate surface area is 113 Å². The van der Waals surface area contributed by atoms with Crippen molar-refractivity contribution in [1.82, 2.24) is 9.97 Å². The molecule has 0 aliphatic rings. The highest BCUT2D eigenvalue weighted by molar-refractivity contribution is 7.17. The number of rotatable bonds is 0. The molecule has 0 radical (unpaired) electrons. The van der Waals surface area contributed by atoms with Gasteiger partial charge in [0.15, 0.2) is 0 Å². The van der Waals surface area contributed by atoms with E-state index in [0.717, 1.165) is 10.3 Å². The fraction of sp³-hybridized carbons (Fsp3) is 0. The zero-order valence-electron chi connectivity index (χ0n) is 9.48. The molecule has 0 bridgehead atoms. The molecular formula is C14H10N2S2. The largest absolute Gasteiger partial charge is 0.255 e. The topological polar surface area (TPSA) is 25.8 Å². The fourth-order valence-corrected chi connectivity index (χ4v) is 3.08. The third kappa shape index (κ3) is 2.39. The Kier molecular flexibility index (Phi) is 3.30. The van der Waals surface area contributed by atoms with Gasteiger partial charge in [0.2, 0.25) is 0 Å². The van der Waals surface area contributed by atoms with Gasteiger partial charge in [-0.1, -0.05) is 6.07 Å². The molecule has 0 aliphatic carbocycles. The minimum Gasteiger partial charge on any atom is -0.255 e. The summed E-state index contributed by atoms with van der Waals surface area (Å²) >= 11 is 3.40. The summed E-state index contributed by atoms with van der Waals surface area (Å²) in [7, 11) is 0. The minimum atomic E-state index is 1.10. The highest BCUT2D eigenvalue weighted by Gasteiger charge is 1.90. The lowest BCUT2D eigenvalue weighted by molar-refractivity contribution is 1.43. The van der Waals surface area contributed by atoms with Crippen LogP contribution in [0.25, 0.3) is 20.4 Å². The van der Waals surface area contributed by atoms with E-state index >= 15 is 0 Å². The number of hydrogen-bond acceptors (Lipinski definition) is 4. The summed E-state index contributed by atoms with van der Waals surface area (Å²) in [6.45, 7) is 0. The van der Waals surface area contributed by atoms with Crippen LogP contribution in [0.15, 0.2) is 59.6 Å². The monoisotopic (exact) mass is 270 g/mol. The van der Waals surface area contributed by atoms with Gasteiger partial charge in [0.1, 0.15) is 4.83 Å². The number of aromatic nitrogens is 2. The van der Waals surface area contributed by atoms with E-state index in [1.54, 1.807) is 22.7 Å². The molecule has 0 saturated carbocycles. The summed E-state index contributed by atoms with van der Waals surface area (Å²) in [6, 6.07) is 12.2. The molecule has 4 aromatic heterocycles. The van der Waals surface area contributed by atoms with Crippen LogP contribution in [0.3, 0.4) is 0 Å². The quantitative estimate of drug-likeness (QED) is 0.467. The molecular weight excluding hydrogens is 260 g/mol. The predicted octanol–water partition coefficient (Wildman–Crippen LogP) is 4.59. The van der Waals surface area contributed by atoms with Crippen LogP contribution in [0.5, 0.6) is 0 Å². The van der Waals surface area contributed by atoms with E-state index < -0.39 is 0 Å². The maximum Gasteiger partial charge on any atom is 0.123 e. The zero-order chi connectivity index (χ0) is 12.2. The van der Waals surface area contributed by atoms with E-state index in [0.29, 0.717) is 0 Å². The number of thiophene rings is 2. The molecule has 0 N–H and O–H groups in total. The van der Waals surface area contributed by atoms with E-state index in [9.17, 15) is 0 Å². The zero-order valence-corrected chi connectivity index (χ0v) is 11.1. The Morgan fingerprint density at radius 3 is 2.50 bits per heavy atom. The van der Waals surface area contributed by atoms with Gasteiger partial charge < -0.3 is 0 Å². The second kappa shape index (κ2) is 5.25. The van der Waals surface area contributed by atoms with Crippen LogP contribution in [0.2, 0.25) is 0 Å². The van der Waals surface area contributed by atoms with Gasteiger partial charge in [0, 0.05) is 17.8 Å². The number of nitrogens with zero attached hydrogens (tertiary/aromatic N) is 2. The normalized spacial score (nSPS) is 10.2. The summed E-state index contributed by atoms with van der Waals surface area (Å²) < 4.78 is 1.26. The van der Waals surface area contributed by atoms with Crippen LogP contribution in [0, 0.1) is 0 Å². The molecule has 4 rings (SSSR count). The molecule has 0 fully saturated rings. The van der Waals surface area contributed by atoms with Crippen molar-refractivity contribution in [1.29, 1.82) is 0 Å². The summed E-state index contributed by atoms with van der Waals surface area (Å²) in [5.41, 5.74) is 1.10. The third-order valence-electron chi connectivity index (χ3n) is 2.45. The van der Waals surface area contributed by atoms with Crippen molar-refractivity contribution in [2.75, 3.05) is 0 Å². The summed E-state index contributed by atoms with van der Waals surface area (Å²) in [5.74, 6) is 0. The number of hydrogen-bond donors (Lipinski definition) is 0. The Hall–Kier alpha value is -1.78. The van der Waals surface area contributed by atoms with E-state index in [1.807, 2.05) is 30.6 Å². The van der Waals surface area contributed by atoms with Gasteiger partial charge in [0.05, 0.1) is 10.2 Å². The Bertz CT molecular complexity index is 632. The van der Waals surface area contributed by atoms with Crippen LogP contribution in [0.4, 0.5) is 0 Å². The molecule has 0 unspecified atom stereocenters. The van der Waals surface area contributed by atoms with Crippen molar-refractivity contribution >= 4 is 43.1 Å². The summed E-state index contributed by atoms with van der Waals surface area (Å²) in [4.78, 5) is 9.43. The lowest BCUT2D eigenvalue weighted by Gasteiger charge is -1.81. The molecule has 18 heavy (non-hydrogen) atoms. The van der Waals surface area contributed by atoms with Crippen molar-refractivity contribution in [2.24, 2.45) is 0 Å². The van der Waals surface area contributed by atoms with E-state index in [-0.39, 0.29) is 0 Å². The Morgan fingerprint density at radius 2 is 1.61 bits per heavy atom. The highest BCUT2D eigenvalue weighted by atomic mass is 32.1. The molecule has 0 aliphatic heterocycles. The highest BCUT2D eigenvalue weighted by Crippen LogP contribution is 2.16. The SMILES string of the molecule is c1cnc2ccsc2c1.c1cnc2sccc2c1. The first-order valence-corrected chi connectivity index (χ1v) is 7.26. The molecule has 0 amide bonds. The second-order valence-electron chi connectivity index (χ2n) is 3.63. The summed E-state index contributed by atoms with van der Waals surface area (Å²) in [6.07, 6.45) is 3.63. The van der Waals surface area contributed by atoms with Crippen molar-refractivity contribution in [2.45, 2.75) is 0 Å². The third-order valence-corrected chi connectivity index (χ3v) is 4.16. The lowest BCUT2D eigenvalue weighted by Crippen LogP contribution is -1.65. The van der Waals surface area contributed by atoms with Gasteiger partial charge in [-0.15, -0.1) is 22.7 Å². The number of fused-ring (bicyclic) bond motifs is 2. The van der Waals surface area contributed by atoms with E-state index in [1.165, 1.54) is 10.1 Å². The van der Waals surface area contributed by atoms with Gasteiger partial charge in [0.25, 0.3) is 0 Å². The van der Waals surface area contributed by atoms with Crippen molar-refractivity contribution < 1.29 is 0 Å². The van der Waals surface area contributed by atoms with Crippen molar-refractivity contribution in [3.63, 3.8) is 0 Å².